The summed E-state index contributed by atoms with van der Waals surface area (Å²) in [5.41, 5.74) is 6.80. The van der Waals surface area contributed by atoms with Crippen LogP contribution in [-0.2, 0) is 16.6 Å². The number of thiophene rings is 1. The molecule has 0 radical (unpaired) electrons. The van der Waals surface area contributed by atoms with E-state index in [9.17, 15) is 22.8 Å². The van der Waals surface area contributed by atoms with Gasteiger partial charge in [0.05, 0.1) is 16.5 Å². The Balaban J connectivity index is 2.28. The van der Waals surface area contributed by atoms with Crippen LogP contribution in [0.5, 0.6) is 0 Å². The summed E-state index contributed by atoms with van der Waals surface area (Å²) in [4.78, 5) is 11.6. The van der Waals surface area contributed by atoms with Gasteiger partial charge in [-0.3, -0.25) is 5.21 Å². The number of nitrogens with two attached hydrogens (primary N) is 2. The Morgan fingerprint density at radius 1 is 1.21 bits per heavy atom. The van der Waals surface area contributed by atoms with Gasteiger partial charge >= 0.3 is 6.03 Å². The summed E-state index contributed by atoms with van der Waals surface area (Å²) in [7, 11) is -4.04. The van der Waals surface area contributed by atoms with E-state index in [0.29, 0.717) is 32.2 Å². The van der Waals surface area contributed by atoms with Gasteiger partial charge in [-0.15, -0.1) is 11.3 Å². The molecule has 0 saturated heterocycles. The van der Waals surface area contributed by atoms with Crippen LogP contribution in [0.25, 0.3) is 22.3 Å². The number of rotatable bonds is 5. The fraction of sp³-hybridized carbons (Fsp3) is 0.0556. The molecule has 0 fully saturated rings. The molecule has 1 aromatic heterocycles. The number of carbonyl (C=O) groups is 1. The summed E-state index contributed by atoms with van der Waals surface area (Å²) in [6.07, 6.45) is 0. The summed E-state index contributed by atoms with van der Waals surface area (Å²) >= 11 is 7.08. The Morgan fingerprint density at radius 2 is 1.90 bits per heavy atom. The third kappa shape index (κ3) is 4.41. The highest BCUT2D eigenvalue weighted by Crippen LogP contribution is 2.42. The molecule has 0 spiro atoms. The molecule has 11 heteroatoms. The van der Waals surface area contributed by atoms with Crippen molar-refractivity contribution in [3.8, 4) is 22.3 Å². The van der Waals surface area contributed by atoms with Gasteiger partial charge in [-0.25, -0.2) is 27.8 Å². The van der Waals surface area contributed by atoms with E-state index in [1.165, 1.54) is 30.3 Å². The smallest absolute Gasteiger partial charge is 0.338 e. The number of urea groups is 1. The fourth-order valence-corrected chi connectivity index (χ4v) is 4.81. The van der Waals surface area contributed by atoms with Crippen molar-refractivity contribution in [1.82, 2.24) is 5.06 Å². The van der Waals surface area contributed by atoms with E-state index in [4.69, 9.17) is 22.5 Å². The van der Waals surface area contributed by atoms with Crippen LogP contribution in [0, 0.1) is 5.82 Å². The predicted molar refractivity (Wildman–Crippen MR) is 108 cm³/mol. The number of benzene rings is 2. The highest BCUT2D eigenvalue weighted by molar-refractivity contribution is 7.89. The lowest BCUT2D eigenvalue weighted by molar-refractivity contribution is -0.0461. The van der Waals surface area contributed by atoms with Crippen molar-refractivity contribution >= 4 is 39.0 Å². The molecule has 0 atom stereocenters. The highest BCUT2D eigenvalue weighted by Gasteiger charge is 2.23. The Bertz CT molecular complexity index is 1200. The number of amides is 2. The van der Waals surface area contributed by atoms with E-state index in [2.05, 4.69) is 0 Å². The molecule has 1 heterocycles. The van der Waals surface area contributed by atoms with Crippen LogP contribution in [0.3, 0.4) is 0 Å². The standard InChI is InChI=1S/C18H15ClFN3O4S2/c19-13-7-10(5-6-14(13)20)17-12(9-28-15(17)8-23(25)18(21)24)11-3-1-2-4-16(11)29(22,26)27/h1-7,9,25H,8H2,(H2,21,24)(H2,22,26,27). The molecule has 0 aliphatic carbocycles. The van der Waals surface area contributed by atoms with Crippen LogP contribution in [0.2, 0.25) is 5.02 Å². The molecule has 29 heavy (non-hydrogen) atoms. The van der Waals surface area contributed by atoms with Gasteiger partial charge in [-0.2, -0.15) is 0 Å². The Labute approximate surface area is 174 Å². The second kappa shape index (κ2) is 8.09. The highest BCUT2D eigenvalue weighted by atomic mass is 35.5. The lowest BCUT2D eigenvalue weighted by atomic mass is 9.96. The third-order valence-corrected chi connectivity index (χ3v) is 6.34. The minimum absolute atomic E-state index is 0.102. The first-order valence-corrected chi connectivity index (χ1v) is 10.8. The Kier molecular flexibility index (Phi) is 5.92. The zero-order valence-electron chi connectivity index (χ0n) is 14.7. The van der Waals surface area contributed by atoms with E-state index in [1.54, 1.807) is 17.5 Å². The van der Waals surface area contributed by atoms with Crippen molar-refractivity contribution in [2.45, 2.75) is 11.4 Å². The average Bonchev–Trinajstić information content (AvgIpc) is 3.06. The van der Waals surface area contributed by atoms with E-state index < -0.39 is 21.9 Å². The summed E-state index contributed by atoms with van der Waals surface area (Å²) < 4.78 is 37.8. The SMILES string of the molecule is NC(=O)N(O)Cc1scc(-c2ccccc2S(N)(=O)=O)c1-c1ccc(F)c(Cl)c1. The summed E-state index contributed by atoms with van der Waals surface area (Å²) in [6, 6.07) is 9.06. The first kappa shape index (κ1) is 21.2. The molecule has 5 N–H and O–H groups in total. The van der Waals surface area contributed by atoms with Crippen LogP contribution in [0.15, 0.2) is 52.7 Å². The first-order chi connectivity index (χ1) is 13.6. The maximum Gasteiger partial charge on any atom is 0.338 e. The number of halogens is 2. The van der Waals surface area contributed by atoms with Gasteiger partial charge in [-0.1, -0.05) is 35.9 Å². The zero-order chi connectivity index (χ0) is 21.3. The summed E-state index contributed by atoms with van der Waals surface area (Å²) in [5.74, 6) is -0.625. The van der Waals surface area contributed by atoms with Gasteiger partial charge in [0.1, 0.15) is 5.82 Å². The van der Waals surface area contributed by atoms with Crippen molar-refractivity contribution in [3.63, 3.8) is 0 Å². The molecule has 3 aromatic rings. The molecule has 0 saturated carbocycles. The molecule has 2 aromatic carbocycles. The lowest BCUT2D eigenvalue weighted by Gasteiger charge is -2.15. The van der Waals surface area contributed by atoms with Crippen molar-refractivity contribution in [2.24, 2.45) is 10.9 Å². The normalized spacial score (nSPS) is 11.4. The minimum atomic E-state index is -4.04. The monoisotopic (exact) mass is 455 g/mol. The van der Waals surface area contributed by atoms with Crippen molar-refractivity contribution in [3.05, 3.63) is 63.6 Å². The lowest BCUT2D eigenvalue weighted by Crippen LogP contribution is -2.31. The van der Waals surface area contributed by atoms with Crippen molar-refractivity contribution in [2.75, 3.05) is 0 Å². The molecule has 0 unspecified atom stereocenters. The van der Waals surface area contributed by atoms with Crippen molar-refractivity contribution < 1.29 is 22.8 Å². The quantitative estimate of drug-likeness (QED) is 0.399. The number of carbonyl (C=O) groups excluding carboxylic acids is 1. The van der Waals surface area contributed by atoms with Crippen molar-refractivity contribution in [1.29, 1.82) is 0 Å². The minimum Gasteiger partial charge on any atom is -0.350 e. The van der Waals surface area contributed by atoms with Gasteiger partial charge in [0.15, 0.2) is 0 Å². The van der Waals surface area contributed by atoms with Gasteiger partial charge < -0.3 is 5.73 Å². The molecule has 0 bridgehead atoms. The van der Waals surface area contributed by atoms with Crippen LogP contribution in [0.4, 0.5) is 9.18 Å². The van der Waals surface area contributed by atoms with E-state index in [-0.39, 0.29) is 16.5 Å². The largest absolute Gasteiger partial charge is 0.350 e. The van der Waals surface area contributed by atoms with Crippen LogP contribution < -0.4 is 10.9 Å². The number of primary sulfonamides is 1. The van der Waals surface area contributed by atoms with E-state index in [0.717, 1.165) is 11.3 Å². The average molecular weight is 456 g/mol. The molecular formula is C18H15ClFN3O4S2. The Morgan fingerprint density at radius 3 is 2.52 bits per heavy atom. The van der Waals surface area contributed by atoms with Gasteiger partial charge in [0.25, 0.3) is 0 Å². The predicted octanol–water partition coefficient (Wildman–Crippen LogP) is 3.79. The van der Waals surface area contributed by atoms with Gasteiger partial charge in [0.2, 0.25) is 10.0 Å². The molecule has 152 valence electrons. The summed E-state index contributed by atoms with van der Waals surface area (Å²) in [5, 5.41) is 17.0. The van der Waals surface area contributed by atoms with Crippen LogP contribution >= 0.6 is 22.9 Å². The number of hydrogen-bond donors (Lipinski definition) is 3. The van der Waals surface area contributed by atoms with Crippen LogP contribution in [0.1, 0.15) is 4.88 Å². The number of nitrogens with zero attached hydrogens (tertiary/aromatic N) is 1. The molecule has 2 amide bonds. The van der Waals surface area contributed by atoms with E-state index in [1.807, 2.05) is 0 Å². The maximum atomic E-state index is 13.7. The fourth-order valence-electron chi connectivity index (χ4n) is 2.83. The van der Waals surface area contributed by atoms with Crippen LogP contribution in [-0.4, -0.2) is 24.7 Å². The van der Waals surface area contributed by atoms with E-state index >= 15 is 0 Å². The second-order valence-electron chi connectivity index (χ2n) is 6.01. The maximum absolute atomic E-state index is 13.7. The third-order valence-electron chi connectivity index (χ3n) is 4.11. The Hall–Kier alpha value is -2.50. The molecule has 7 nitrogen and oxygen atoms in total. The molecular weight excluding hydrogens is 441 g/mol. The number of sulfonamides is 1. The number of hydroxylamine groups is 2. The second-order valence-corrected chi connectivity index (χ2v) is 8.91. The molecule has 0 aliphatic heterocycles. The number of primary amides is 1. The topological polar surface area (TPSA) is 127 Å². The van der Waals surface area contributed by atoms with Gasteiger partial charge in [-0.05, 0) is 29.1 Å². The number of hydrogen-bond acceptors (Lipinski definition) is 5. The molecule has 0 aliphatic rings. The zero-order valence-corrected chi connectivity index (χ0v) is 17.1. The van der Waals surface area contributed by atoms with Gasteiger partial charge in [0, 0.05) is 21.6 Å². The first-order valence-electron chi connectivity index (χ1n) is 8.03. The summed E-state index contributed by atoms with van der Waals surface area (Å²) in [6.45, 7) is -0.262. The molecule has 3 rings (SSSR count).